The normalized spacial score (nSPS) is 19.7. The first-order valence-corrected chi connectivity index (χ1v) is 16.5. The Labute approximate surface area is 276 Å². The van der Waals surface area contributed by atoms with Crippen molar-refractivity contribution in [1.29, 1.82) is 0 Å². The van der Waals surface area contributed by atoms with Gasteiger partial charge in [0.15, 0.2) is 5.82 Å². The summed E-state index contributed by atoms with van der Waals surface area (Å²) in [6, 6.07) is 14.1. The summed E-state index contributed by atoms with van der Waals surface area (Å²) >= 11 is 6.28. The van der Waals surface area contributed by atoms with E-state index in [0.29, 0.717) is 46.4 Å². The Morgan fingerprint density at radius 1 is 1.07 bits per heavy atom. The summed E-state index contributed by atoms with van der Waals surface area (Å²) in [6.07, 6.45) is 5.74. The molecule has 12 heteroatoms. The first kappa shape index (κ1) is 32.1. The highest BCUT2D eigenvalue weighted by Gasteiger charge is 2.31. The van der Waals surface area contributed by atoms with E-state index in [1.807, 2.05) is 47.5 Å². The van der Waals surface area contributed by atoms with Gasteiger partial charge in [-0.1, -0.05) is 37.2 Å². The highest BCUT2D eigenvalue weighted by molar-refractivity contribution is 6.30. The van der Waals surface area contributed by atoms with Crippen molar-refractivity contribution in [1.82, 2.24) is 19.8 Å². The molecule has 3 aromatic rings. The number of nitrogens with one attached hydrogen (secondary N) is 2. The van der Waals surface area contributed by atoms with Gasteiger partial charge >= 0.3 is 0 Å². The molecule has 0 spiro atoms. The molecule has 244 valence electrons. The van der Waals surface area contributed by atoms with E-state index in [4.69, 9.17) is 21.2 Å². The SMILES string of the molecule is C=CC(=O)Nc1cc(Nc2cc(N3OCC[C@@H]3c3cccc(Cl)c3)ncn2)c(OC)cc1N1CCC(N2CCN(CC)CC2)CC1. The molecule has 1 aromatic heterocycles. The van der Waals surface area contributed by atoms with Gasteiger partial charge in [0.25, 0.3) is 0 Å². The van der Waals surface area contributed by atoms with E-state index >= 15 is 0 Å². The number of rotatable bonds is 10. The highest BCUT2D eigenvalue weighted by atomic mass is 35.5. The number of hydrogen-bond donors (Lipinski definition) is 2. The number of likely N-dealkylation sites (N-methyl/N-ethyl adjacent to an activating group) is 1. The lowest BCUT2D eigenvalue weighted by Crippen LogP contribution is -2.53. The van der Waals surface area contributed by atoms with Crippen molar-refractivity contribution in [2.75, 3.05) is 80.1 Å². The topological polar surface area (TPSA) is 98.3 Å². The largest absolute Gasteiger partial charge is 0.494 e. The van der Waals surface area contributed by atoms with E-state index in [0.717, 1.165) is 76.3 Å². The predicted octanol–water partition coefficient (Wildman–Crippen LogP) is 5.50. The lowest BCUT2D eigenvalue weighted by atomic mass is 10.0. The molecule has 2 aromatic carbocycles. The molecule has 0 unspecified atom stereocenters. The summed E-state index contributed by atoms with van der Waals surface area (Å²) < 4.78 is 5.86. The first-order valence-electron chi connectivity index (χ1n) is 16.1. The lowest BCUT2D eigenvalue weighted by Gasteiger charge is -2.43. The van der Waals surface area contributed by atoms with Crippen LogP contribution in [0, 0.1) is 0 Å². The van der Waals surface area contributed by atoms with E-state index in [2.05, 4.69) is 48.8 Å². The first-order chi connectivity index (χ1) is 22.4. The molecule has 4 heterocycles. The quantitative estimate of drug-likeness (QED) is 0.275. The van der Waals surface area contributed by atoms with Crippen LogP contribution in [0.2, 0.25) is 5.02 Å². The van der Waals surface area contributed by atoms with Crippen molar-refractivity contribution < 1.29 is 14.4 Å². The smallest absolute Gasteiger partial charge is 0.247 e. The fourth-order valence-corrected chi connectivity index (χ4v) is 6.88. The molecular formula is C34H43ClN8O3. The van der Waals surface area contributed by atoms with Crippen LogP contribution in [0.25, 0.3) is 0 Å². The molecule has 0 radical (unpaired) electrons. The van der Waals surface area contributed by atoms with Crippen LogP contribution in [-0.4, -0.2) is 91.2 Å². The number of halogens is 1. The third-order valence-electron chi connectivity index (χ3n) is 9.22. The summed E-state index contributed by atoms with van der Waals surface area (Å²) in [7, 11) is 1.65. The van der Waals surface area contributed by atoms with Gasteiger partial charge in [0.1, 0.15) is 17.9 Å². The monoisotopic (exact) mass is 646 g/mol. The van der Waals surface area contributed by atoms with Gasteiger partial charge in [0.2, 0.25) is 5.91 Å². The van der Waals surface area contributed by atoms with Crippen LogP contribution < -0.4 is 25.3 Å². The molecule has 3 fully saturated rings. The van der Waals surface area contributed by atoms with Crippen LogP contribution in [0.15, 0.2) is 61.4 Å². The van der Waals surface area contributed by atoms with Crippen LogP contribution in [0.1, 0.15) is 37.8 Å². The number of amides is 1. The average molecular weight is 647 g/mol. The zero-order valence-electron chi connectivity index (χ0n) is 26.6. The predicted molar refractivity (Wildman–Crippen MR) is 183 cm³/mol. The number of methoxy groups -OCH3 is 1. The number of carbonyl (C=O) groups excluding carboxylic acids is 1. The van der Waals surface area contributed by atoms with Gasteiger partial charge in [0.05, 0.1) is 36.8 Å². The fraction of sp³-hybridized carbons (Fsp3) is 0.441. The fourth-order valence-electron chi connectivity index (χ4n) is 6.68. The number of carbonyl (C=O) groups is 1. The Balaban J connectivity index is 1.21. The lowest BCUT2D eigenvalue weighted by molar-refractivity contribution is -0.111. The molecule has 0 saturated carbocycles. The molecule has 3 saturated heterocycles. The summed E-state index contributed by atoms with van der Waals surface area (Å²) in [5.74, 6) is 1.54. The van der Waals surface area contributed by atoms with Gasteiger partial charge in [-0.15, -0.1) is 0 Å². The van der Waals surface area contributed by atoms with Crippen molar-refractivity contribution in [3.05, 3.63) is 72.0 Å². The van der Waals surface area contributed by atoms with Crippen LogP contribution in [0.3, 0.4) is 0 Å². The van der Waals surface area contributed by atoms with Gasteiger partial charge in [-0.2, -0.15) is 0 Å². The number of hydrogen-bond acceptors (Lipinski definition) is 10. The molecule has 0 aliphatic carbocycles. The van der Waals surface area contributed by atoms with Gasteiger partial charge in [-0.25, -0.2) is 15.0 Å². The minimum Gasteiger partial charge on any atom is -0.494 e. The Morgan fingerprint density at radius 3 is 2.59 bits per heavy atom. The summed E-state index contributed by atoms with van der Waals surface area (Å²) in [6.45, 7) is 13.9. The molecule has 1 atom stereocenters. The molecule has 0 bridgehead atoms. The zero-order chi connectivity index (χ0) is 32.0. The van der Waals surface area contributed by atoms with Crippen molar-refractivity contribution in [3.8, 4) is 5.75 Å². The van der Waals surface area contributed by atoms with Gasteiger partial charge < -0.3 is 25.2 Å². The Hall–Kier alpha value is -3.90. The van der Waals surface area contributed by atoms with Gasteiger partial charge in [-0.3, -0.25) is 14.5 Å². The standard InChI is InChI=1S/C34H43ClN8O3/c1-4-34(44)39-27-20-28(31(45-3)21-30(27)42-12-9-26(10-13-42)41-16-14-40(5-2)15-17-41)38-32-22-33(37-23-36-32)43-29(11-18-46-43)24-7-6-8-25(35)19-24/h4,6-8,19-23,26,29H,1,5,9-18H2,2-3H3,(H,39,44)(H,36,37,38)/t29-/m1/s1. The van der Waals surface area contributed by atoms with Crippen molar-refractivity contribution in [2.24, 2.45) is 0 Å². The van der Waals surface area contributed by atoms with E-state index in [1.54, 1.807) is 7.11 Å². The molecule has 3 aliphatic rings. The molecular weight excluding hydrogens is 604 g/mol. The molecule has 3 aliphatic heterocycles. The van der Waals surface area contributed by atoms with Crippen molar-refractivity contribution in [2.45, 2.75) is 38.3 Å². The number of nitrogens with zero attached hydrogens (tertiary/aromatic N) is 6. The number of benzene rings is 2. The maximum absolute atomic E-state index is 12.6. The maximum Gasteiger partial charge on any atom is 0.247 e. The van der Waals surface area contributed by atoms with E-state index in [-0.39, 0.29) is 11.9 Å². The summed E-state index contributed by atoms with van der Waals surface area (Å²) in [5, 5.41) is 8.90. The van der Waals surface area contributed by atoms with Crippen LogP contribution in [0.4, 0.5) is 28.7 Å². The van der Waals surface area contributed by atoms with Crippen molar-refractivity contribution >= 4 is 46.2 Å². The maximum atomic E-state index is 12.6. The average Bonchev–Trinajstić information content (AvgIpc) is 3.59. The van der Waals surface area contributed by atoms with Gasteiger partial charge in [-0.05, 0) is 49.2 Å². The Morgan fingerprint density at radius 2 is 1.87 bits per heavy atom. The minimum atomic E-state index is -0.274. The van der Waals surface area contributed by atoms with Crippen LogP contribution in [-0.2, 0) is 9.63 Å². The van der Waals surface area contributed by atoms with E-state index in [1.165, 1.54) is 12.4 Å². The highest BCUT2D eigenvalue weighted by Crippen LogP contribution is 2.40. The summed E-state index contributed by atoms with van der Waals surface area (Å²) in [4.78, 5) is 35.0. The summed E-state index contributed by atoms with van der Waals surface area (Å²) in [5.41, 5.74) is 3.32. The molecule has 2 N–H and O–H groups in total. The van der Waals surface area contributed by atoms with Crippen LogP contribution in [0.5, 0.6) is 5.75 Å². The molecule has 1 amide bonds. The van der Waals surface area contributed by atoms with E-state index < -0.39 is 0 Å². The Kier molecular flexibility index (Phi) is 10.2. The number of aromatic nitrogens is 2. The zero-order valence-corrected chi connectivity index (χ0v) is 27.4. The molecule has 46 heavy (non-hydrogen) atoms. The molecule has 11 nitrogen and oxygen atoms in total. The minimum absolute atomic E-state index is 0.0268. The third-order valence-corrected chi connectivity index (χ3v) is 9.45. The second kappa shape index (κ2) is 14.7. The van der Waals surface area contributed by atoms with E-state index in [9.17, 15) is 4.79 Å². The molecule has 6 rings (SSSR count). The second-order valence-electron chi connectivity index (χ2n) is 11.9. The van der Waals surface area contributed by atoms with Crippen LogP contribution >= 0.6 is 11.6 Å². The number of piperazine rings is 1. The number of ether oxygens (including phenoxy) is 1. The van der Waals surface area contributed by atoms with Crippen molar-refractivity contribution in [3.63, 3.8) is 0 Å². The second-order valence-corrected chi connectivity index (χ2v) is 12.3. The number of anilines is 5. The third kappa shape index (κ3) is 7.23. The number of piperidine rings is 1. The Bertz CT molecular complexity index is 1520. The number of hydroxylamine groups is 1. The van der Waals surface area contributed by atoms with Gasteiger partial charge in [0, 0.05) is 68.9 Å².